The number of hydrogen-bond donors (Lipinski definition) is 0. The zero-order valence-electron chi connectivity index (χ0n) is 21.6. The molecule has 3 aliphatic rings. The first kappa shape index (κ1) is 21.5. The molecule has 3 aliphatic carbocycles. The van der Waals surface area contributed by atoms with Gasteiger partial charge in [-0.3, -0.25) is 0 Å². The van der Waals surface area contributed by atoms with Crippen molar-refractivity contribution in [3.8, 4) is 39.4 Å². The highest BCUT2D eigenvalue weighted by Gasteiger charge is 2.57. The lowest BCUT2D eigenvalue weighted by molar-refractivity contribution is 0.818. The standard InChI is InChI=1S/C38H22N2/c39-23-24-16-18-26(19-17-24)40(25-8-2-1-3-9-25)27-20-21-29-31-12-7-14-33-32-13-6-11-30-28-10-4-5-15-34(28)38(36(30)32,37(31)33)35(29)22-27/h1-22H. The average molecular weight is 507 g/mol. The highest BCUT2D eigenvalue weighted by atomic mass is 15.1. The SMILES string of the molecule is N#Cc1ccc(N(c2ccccc2)c2ccc3c(c2)C24c5ccccc5-c5cccc(c52)-c2cccc-3c24)cc1. The van der Waals surface area contributed by atoms with Crippen molar-refractivity contribution in [1.82, 2.24) is 0 Å². The normalized spacial score (nSPS) is 16.1. The summed E-state index contributed by atoms with van der Waals surface area (Å²) in [6.45, 7) is 0. The molecule has 0 aliphatic heterocycles. The molecule has 184 valence electrons. The Morgan fingerprint density at radius 1 is 0.450 bits per heavy atom. The summed E-state index contributed by atoms with van der Waals surface area (Å²) in [5.41, 5.74) is 17.2. The van der Waals surface area contributed by atoms with Crippen LogP contribution in [0.25, 0.3) is 33.4 Å². The van der Waals surface area contributed by atoms with Crippen LogP contribution < -0.4 is 4.90 Å². The van der Waals surface area contributed by atoms with Gasteiger partial charge in [-0.1, -0.05) is 84.9 Å². The van der Waals surface area contributed by atoms with Crippen LogP contribution >= 0.6 is 0 Å². The second-order valence-electron chi connectivity index (χ2n) is 10.8. The van der Waals surface area contributed by atoms with Gasteiger partial charge in [0, 0.05) is 17.1 Å². The highest BCUT2D eigenvalue weighted by Crippen LogP contribution is 2.70. The lowest BCUT2D eigenvalue weighted by Gasteiger charge is -2.30. The van der Waals surface area contributed by atoms with Crippen LogP contribution in [0.5, 0.6) is 0 Å². The minimum atomic E-state index is -0.313. The Kier molecular flexibility index (Phi) is 4.09. The third-order valence-corrected chi connectivity index (χ3v) is 9.01. The lowest BCUT2D eigenvalue weighted by atomic mass is 9.73. The molecule has 1 unspecified atom stereocenters. The van der Waals surface area contributed by atoms with E-state index in [1.807, 2.05) is 30.3 Å². The molecule has 0 heterocycles. The van der Waals surface area contributed by atoms with Crippen molar-refractivity contribution in [3.05, 3.63) is 161 Å². The maximum Gasteiger partial charge on any atom is 0.0991 e. The molecule has 0 saturated carbocycles. The molecule has 0 aromatic heterocycles. The zero-order valence-corrected chi connectivity index (χ0v) is 21.6. The van der Waals surface area contributed by atoms with Gasteiger partial charge >= 0.3 is 0 Å². The molecule has 1 atom stereocenters. The molecular weight excluding hydrogens is 484 g/mol. The molecule has 0 bridgehead atoms. The van der Waals surface area contributed by atoms with E-state index in [4.69, 9.17) is 0 Å². The molecular formula is C38H22N2. The number of nitriles is 1. The monoisotopic (exact) mass is 506 g/mol. The third-order valence-electron chi connectivity index (χ3n) is 9.01. The van der Waals surface area contributed by atoms with Crippen LogP contribution in [0, 0.1) is 11.3 Å². The topological polar surface area (TPSA) is 27.0 Å². The fourth-order valence-electron chi connectivity index (χ4n) is 7.59. The van der Waals surface area contributed by atoms with Gasteiger partial charge in [0.05, 0.1) is 17.0 Å². The second-order valence-corrected chi connectivity index (χ2v) is 10.8. The van der Waals surface area contributed by atoms with E-state index in [2.05, 4.69) is 114 Å². The predicted octanol–water partition coefficient (Wildman–Crippen LogP) is 9.35. The quantitative estimate of drug-likeness (QED) is 0.239. The first-order valence-electron chi connectivity index (χ1n) is 13.7. The third kappa shape index (κ3) is 2.48. The number of rotatable bonds is 3. The Morgan fingerprint density at radius 2 is 0.975 bits per heavy atom. The summed E-state index contributed by atoms with van der Waals surface area (Å²) in [6, 6.07) is 50.2. The van der Waals surface area contributed by atoms with Crippen LogP contribution in [-0.2, 0) is 5.41 Å². The van der Waals surface area contributed by atoms with Crippen molar-refractivity contribution >= 4 is 17.1 Å². The Labute approximate surface area is 233 Å². The van der Waals surface area contributed by atoms with Crippen LogP contribution in [0.3, 0.4) is 0 Å². The smallest absolute Gasteiger partial charge is 0.0991 e. The van der Waals surface area contributed by atoms with Crippen molar-refractivity contribution in [2.45, 2.75) is 5.41 Å². The molecule has 9 rings (SSSR count). The molecule has 2 heteroatoms. The second kappa shape index (κ2) is 7.59. The van der Waals surface area contributed by atoms with E-state index >= 15 is 0 Å². The van der Waals surface area contributed by atoms with Crippen LogP contribution in [0.1, 0.15) is 27.8 Å². The number of fused-ring (bicyclic) bond motifs is 5. The number of benzene rings is 6. The Bertz CT molecular complexity index is 2030. The summed E-state index contributed by atoms with van der Waals surface area (Å²) in [5.74, 6) is 0. The number of hydrogen-bond acceptors (Lipinski definition) is 2. The molecule has 6 aromatic rings. The molecule has 0 saturated heterocycles. The predicted molar refractivity (Wildman–Crippen MR) is 161 cm³/mol. The van der Waals surface area contributed by atoms with Gasteiger partial charge in [0.25, 0.3) is 0 Å². The summed E-state index contributed by atoms with van der Waals surface area (Å²) in [4.78, 5) is 2.30. The first-order valence-corrected chi connectivity index (χ1v) is 13.7. The molecule has 0 amide bonds. The van der Waals surface area contributed by atoms with E-state index in [0.717, 1.165) is 17.1 Å². The molecule has 40 heavy (non-hydrogen) atoms. The fraction of sp³-hybridized carbons (Fsp3) is 0.0263. The van der Waals surface area contributed by atoms with Crippen LogP contribution in [0.15, 0.2) is 133 Å². The Morgan fingerprint density at radius 3 is 1.65 bits per heavy atom. The fourth-order valence-corrected chi connectivity index (χ4v) is 7.59. The van der Waals surface area contributed by atoms with E-state index in [1.165, 1.54) is 55.6 Å². The number of anilines is 3. The summed E-state index contributed by atoms with van der Waals surface area (Å²) < 4.78 is 0. The Hall–Kier alpha value is -5.39. The summed E-state index contributed by atoms with van der Waals surface area (Å²) in [7, 11) is 0. The number of para-hydroxylation sites is 1. The van der Waals surface area contributed by atoms with Crippen molar-refractivity contribution in [1.29, 1.82) is 5.26 Å². The van der Waals surface area contributed by atoms with Crippen molar-refractivity contribution in [2.24, 2.45) is 0 Å². The lowest BCUT2D eigenvalue weighted by Crippen LogP contribution is -2.23. The van der Waals surface area contributed by atoms with Crippen LogP contribution in [0.4, 0.5) is 17.1 Å². The average Bonchev–Trinajstić information content (AvgIpc) is 3.61. The largest absolute Gasteiger partial charge is 0.310 e. The van der Waals surface area contributed by atoms with E-state index in [9.17, 15) is 5.26 Å². The van der Waals surface area contributed by atoms with E-state index in [1.54, 1.807) is 0 Å². The van der Waals surface area contributed by atoms with E-state index in [-0.39, 0.29) is 5.41 Å². The van der Waals surface area contributed by atoms with Gasteiger partial charge in [-0.2, -0.15) is 5.26 Å². The molecule has 1 spiro atoms. The summed E-state index contributed by atoms with van der Waals surface area (Å²) in [5, 5.41) is 9.41. The summed E-state index contributed by atoms with van der Waals surface area (Å²) >= 11 is 0. The minimum absolute atomic E-state index is 0.313. The molecule has 0 fully saturated rings. The first-order chi connectivity index (χ1) is 19.8. The van der Waals surface area contributed by atoms with Crippen molar-refractivity contribution in [3.63, 3.8) is 0 Å². The van der Waals surface area contributed by atoms with Crippen LogP contribution in [-0.4, -0.2) is 0 Å². The maximum atomic E-state index is 9.41. The van der Waals surface area contributed by atoms with Gasteiger partial charge < -0.3 is 4.90 Å². The molecule has 2 nitrogen and oxygen atoms in total. The maximum absolute atomic E-state index is 9.41. The highest BCUT2D eigenvalue weighted by molar-refractivity contribution is 6.06. The van der Waals surface area contributed by atoms with Gasteiger partial charge in [-0.05, 0) is 104 Å². The minimum Gasteiger partial charge on any atom is -0.310 e. The summed E-state index contributed by atoms with van der Waals surface area (Å²) in [6.07, 6.45) is 0. The molecule has 0 radical (unpaired) electrons. The van der Waals surface area contributed by atoms with Gasteiger partial charge in [-0.25, -0.2) is 0 Å². The number of nitrogens with zero attached hydrogens (tertiary/aromatic N) is 2. The van der Waals surface area contributed by atoms with E-state index in [0.29, 0.717) is 5.56 Å². The van der Waals surface area contributed by atoms with Crippen molar-refractivity contribution < 1.29 is 0 Å². The zero-order chi connectivity index (χ0) is 26.4. The van der Waals surface area contributed by atoms with Gasteiger partial charge in [-0.15, -0.1) is 0 Å². The van der Waals surface area contributed by atoms with E-state index < -0.39 is 0 Å². The molecule has 6 aromatic carbocycles. The van der Waals surface area contributed by atoms with Crippen molar-refractivity contribution in [2.75, 3.05) is 4.90 Å². The van der Waals surface area contributed by atoms with Gasteiger partial charge in [0.15, 0.2) is 0 Å². The molecule has 0 N–H and O–H groups in total. The Balaban J connectivity index is 1.36. The van der Waals surface area contributed by atoms with Gasteiger partial charge in [0.2, 0.25) is 0 Å². The van der Waals surface area contributed by atoms with Gasteiger partial charge in [0.1, 0.15) is 0 Å². The van der Waals surface area contributed by atoms with Crippen LogP contribution in [0.2, 0.25) is 0 Å².